The number of phosphoric ester groups is 1. The number of amides is 1. The van der Waals surface area contributed by atoms with E-state index in [9.17, 15) is 19.4 Å². The summed E-state index contributed by atoms with van der Waals surface area (Å²) in [5, 5.41) is 13.9. The fraction of sp³-hybridized carbons (Fsp3) is 0.780. The molecular formula is C50H93N2O6P. The molecule has 8 nitrogen and oxygen atoms in total. The predicted molar refractivity (Wildman–Crippen MR) is 251 cm³/mol. The van der Waals surface area contributed by atoms with Gasteiger partial charge in [-0.15, -0.1) is 0 Å². The minimum Gasteiger partial charge on any atom is -0.756 e. The summed E-state index contributed by atoms with van der Waals surface area (Å²) in [5.41, 5.74) is 0. The van der Waals surface area contributed by atoms with Crippen LogP contribution in [-0.4, -0.2) is 68.5 Å². The van der Waals surface area contributed by atoms with Crippen molar-refractivity contribution in [1.29, 1.82) is 0 Å². The lowest BCUT2D eigenvalue weighted by atomic mass is 10.0. The van der Waals surface area contributed by atoms with E-state index >= 15 is 0 Å². The maximum Gasteiger partial charge on any atom is 0.268 e. The number of hydrogen-bond acceptors (Lipinski definition) is 6. The second-order valence-electron chi connectivity index (χ2n) is 17.4. The van der Waals surface area contributed by atoms with Crippen molar-refractivity contribution < 1.29 is 32.9 Å². The molecule has 0 fully saturated rings. The molecule has 3 unspecified atom stereocenters. The molecule has 0 saturated heterocycles. The lowest BCUT2D eigenvalue weighted by Crippen LogP contribution is -2.46. The number of nitrogens with zero attached hydrogens (tertiary/aromatic N) is 1. The third-order valence-electron chi connectivity index (χ3n) is 10.5. The zero-order chi connectivity index (χ0) is 43.6. The number of rotatable bonds is 43. The molecule has 344 valence electrons. The maximum atomic E-state index is 12.9. The first-order chi connectivity index (χ1) is 28.5. The van der Waals surface area contributed by atoms with Gasteiger partial charge in [0.15, 0.2) is 0 Å². The zero-order valence-electron chi connectivity index (χ0n) is 38.9. The number of carbonyl (C=O) groups excluding carboxylic acids is 1. The molecule has 0 aromatic rings. The summed E-state index contributed by atoms with van der Waals surface area (Å²) in [6.07, 6.45) is 53.7. The smallest absolute Gasteiger partial charge is 0.268 e. The molecule has 0 aliphatic rings. The van der Waals surface area contributed by atoms with Crippen LogP contribution in [0.25, 0.3) is 0 Å². The molecule has 0 spiro atoms. The SMILES string of the molecule is CC/C=C\C/C=C\C/C=C\C/C=C\C/C=C\CCCCCCCCCCCC(=O)NC(COP(=O)([O-])OCC[N+](C)(C)C)C(O)CCCCCCCCCCCCCC. The van der Waals surface area contributed by atoms with Gasteiger partial charge in [0, 0.05) is 6.42 Å². The van der Waals surface area contributed by atoms with Crippen LogP contribution in [0.5, 0.6) is 0 Å². The van der Waals surface area contributed by atoms with Crippen molar-refractivity contribution in [2.24, 2.45) is 0 Å². The van der Waals surface area contributed by atoms with Gasteiger partial charge in [0.1, 0.15) is 13.2 Å². The average molecular weight is 849 g/mol. The normalized spacial score (nSPS) is 14.8. The Bertz CT molecular complexity index is 1140. The lowest BCUT2D eigenvalue weighted by Gasteiger charge is -2.30. The third-order valence-corrected chi connectivity index (χ3v) is 11.5. The topological polar surface area (TPSA) is 108 Å². The van der Waals surface area contributed by atoms with E-state index in [1.165, 1.54) is 96.3 Å². The Morgan fingerprint density at radius 2 is 1.03 bits per heavy atom. The van der Waals surface area contributed by atoms with Crippen molar-refractivity contribution in [3.05, 3.63) is 60.8 Å². The van der Waals surface area contributed by atoms with E-state index in [0.717, 1.165) is 77.0 Å². The molecule has 9 heteroatoms. The van der Waals surface area contributed by atoms with Crippen molar-refractivity contribution in [2.45, 2.75) is 212 Å². The van der Waals surface area contributed by atoms with E-state index < -0.39 is 20.0 Å². The van der Waals surface area contributed by atoms with Gasteiger partial charge in [-0.3, -0.25) is 9.36 Å². The van der Waals surface area contributed by atoms with Crippen LogP contribution < -0.4 is 10.2 Å². The van der Waals surface area contributed by atoms with Crippen LogP contribution in [0.15, 0.2) is 60.8 Å². The van der Waals surface area contributed by atoms with Gasteiger partial charge < -0.3 is 28.8 Å². The molecule has 2 N–H and O–H groups in total. The van der Waals surface area contributed by atoms with Crippen molar-refractivity contribution in [1.82, 2.24) is 5.32 Å². The number of phosphoric acid groups is 1. The molecule has 0 radical (unpaired) electrons. The Hall–Kier alpha value is -1.80. The number of allylic oxidation sites excluding steroid dienone is 10. The molecule has 0 aliphatic heterocycles. The average Bonchev–Trinajstić information content (AvgIpc) is 3.19. The number of aliphatic hydroxyl groups is 1. The number of unbranched alkanes of at least 4 members (excludes halogenated alkanes) is 20. The number of aliphatic hydroxyl groups excluding tert-OH is 1. The van der Waals surface area contributed by atoms with Gasteiger partial charge >= 0.3 is 0 Å². The summed E-state index contributed by atoms with van der Waals surface area (Å²) < 4.78 is 23.3. The summed E-state index contributed by atoms with van der Waals surface area (Å²) in [7, 11) is 1.29. The van der Waals surface area contributed by atoms with Gasteiger partial charge in [0.25, 0.3) is 7.82 Å². The quantitative estimate of drug-likeness (QED) is 0.0274. The van der Waals surface area contributed by atoms with Gasteiger partial charge in [0.2, 0.25) is 5.91 Å². The van der Waals surface area contributed by atoms with Crippen LogP contribution in [0.2, 0.25) is 0 Å². The fourth-order valence-corrected chi connectivity index (χ4v) is 7.44. The summed E-state index contributed by atoms with van der Waals surface area (Å²) in [5.74, 6) is -0.175. The second kappa shape index (κ2) is 41.5. The highest BCUT2D eigenvalue weighted by Gasteiger charge is 2.24. The van der Waals surface area contributed by atoms with E-state index in [1.54, 1.807) is 0 Å². The first-order valence-corrected chi connectivity index (χ1v) is 25.6. The van der Waals surface area contributed by atoms with Crippen LogP contribution in [0.1, 0.15) is 200 Å². The molecule has 3 atom stereocenters. The minimum atomic E-state index is -4.57. The highest BCUT2D eigenvalue weighted by Crippen LogP contribution is 2.38. The van der Waals surface area contributed by atoms with Gasteiger partial charge in [-0.2, -0.15) is 0 Å². The monoisotopic (exact) mass is 849 g/mol. The van der Waals surface area contributed by atoms with Crippen LogP contribution in [0.4, 0.5) is 0 Å². The molecular weight excluding hydrogens is 756 g/mol. The van der Waals surface area contributed by atoms with Crippen molar-refractivity contribution in [3.8, 4) is 0 Å². The lowest BCUT2D eigenvalue weighted by molar-refractivity contribution is -0.870. The van der Waals surface area contributed by atoms with E-state index in [4.69, 9.17) is 9.05 Å². The summed E-state index contributed by atoms with van der Waals surface area (Å²) in [4.78, 5) is 25.4. The van der Waals surface area contributed by atoms with Gasteiger partial charge in [0.05, 0.1) is 39.9 Å². The predicted octanol–water partition coefficient (Wildman–Crippen LogP) is 13.2. The number of quaternary nitrogens is 1. The standard InChI is InChI=1S/C50H93N2O6P/c1-6-8-10-12-14-16-18-20-21-22-23-24-25-26-27-28-29-30-31-32-34-36-38-40-42-44-50(54)51-48(47-58-59(55,56)57-46-45-52(3,4)5)49(53)43-41-39-37-35-33-19-17-15-13-11-9-7-2/h8,10,14,16,20-21,23-24,26-27,48-49,53H,6-7,9,11-13,15,17-19,22,25,28-47H2,1-5H3,(H-,51,54,55,56)/b10-8-,16-14-,21-20-,24-23-,27-26-. The summed E-state index contributed by atoms with van der Waals surface area (Å²) >= 11 is 0. The molecule has 0 aromatic heterocycles. The first-order valence-electron chi connectivity index (χ1n) is 24.1. The molecule has 0 aromatic carbocycles. The van der Waals surface area contributed by atoms with E-state index in [1.807, 2.05) is 21.1 Å². The largest absolute Gasteiger partial charge is 0.756 e. The van der Waals surface area contributed by atoms with Crippen LogP contribution >= 0.6 is 7.82 Å². The van der Waals surface area contributed by atoms with Gasteiger partial charge in [-0.1, -0.05) is 197 Å². The van der Waals surface area contributed by atoms with Crippen LogP contribution in [0.3, 0.4) is 0 Å². The van der Waals surface area contributed by atoms with Gasteiger partial charge in [-0.05, 0) is 57.8 Å². The minimum absolute atomic E-state index is 0.00845. The molecule has 0 aliphatic carbocycles. The fourth-order valence-electron chi connectivity index (χ4n) is 6.71. The zero-order valence-corrected chi connectivity index (χ0v) is 39.8. The van der Waals surface area contributed by atoms with Crippen molar-refractivity contribution in [3.63, 3.8) is 0 Å². The Balaban J connectivity index is 4.24. The highest BCUT2D eigenvalue weighted by molar-refractivity contribution is 7.45. The molecule has 59 heavy (non-hydrogen) atoms. The third kappa shape index (κ3) is 44.1. The number of carbonyl (C=O) groups is 1. The summed E-state index contributed by atoms with van der Waals surface area (Å²) in [6, 6.07) is -0.805. The summed E-state index contributed by atoms with van der Waals surface area (Å²) in [6.45, 7) is 4.59. The van der Waals surface area contributed by atoms with Crippen LogP contribution in [0, 0.1) is 0 Å². The van der Waals surface area contributed by atoms with Crippen molar-refractivity contribution in [2.75, 3.05) is 40.9 Å². The second-order valence-corrected chi connectivity index (χ2v) is 18.8. The van der Waals surface area contributed by atoms with E-state index in [0.29, 0.717) is 23.9 Å². The van der Waals surface area contributed by atoms with E-state index in [2.05, 4.69) is 79.9 Å². The Morgan fingerprint density at radius 3 is 1.51 bits per heavy atom. The maximum absolute atomic E-state index is 12.9. The Morgan fingerprint density at radius 1 is 0.610 bits per heavy atom. The molecule has 0 rings (SSSR count). The molecule has 0 heterocycles. The number of likely N-dealkylation sites (N-methyl/N-ethyl adjacent to an activating group) is 1. The van der Waals surface area contributed by atoms with E-state index in [-0.39, 0.29) is 19.1 Å². The Labute approximate surface area is 364 Å². The van der Waals surface area contributed by atoms with Crippen molar-refractivity contribution >= 4 is 13.7 Å². The van der Waals surface area contributed by atoms with Gasteiger partial charge in [-0.25, -0.2) is 0 Å². The first kappa shape index (κ1) is 57.2. The number of hydrogen-bond donors (Lipinski definition) is 2. The molecule has 1 amide bonds. The van der Waals surface area contributed by atoms with Crippen LogP contribution in [-0.2, 0) is 18.4 Å². The Kier molecular flexibility index (Phi) is 40.3. The highest BCUT2D eigenvalue weighted by atomic mass is 31.2. The number of nitrogens with one attached hydrogen (secondary N) is 1. The molecule has 0 saturated carbocycles. The molecule has 0 bridgehead atoms.